The monoisotopic (exact) mass is 185 g/mol. The Labute approximate surface area is 82.0 Å². The highest BCUT2D eigenvalue weighted by Crippen LogP contribution is 2.24. The number of rotatable bonds is 0. The van der Waals surface area contributed by atoms with Crippen LogP contribution in [0.3, 0.4) is 0 Å². The van der Waals surface area contributed by atoms with Crippen molar-refractivity contribution < 1.29 is 4.74 Å². The lowest BCUT2D eigenvalue weighted by Crippen LogP contribution is -2.32. The van der Waals surface area contributed by atoms with E-state index in [1.165, 1.54) is 6.42 Å². The molecule has 0 aromatic rings. The second-order valence-corrected chi connectivity index (χ2v) is 5.75. The van der Waals surface area contributed by atoms with Gasteiger partial charge in [0, 0.05) is 12.0 Å². The molecule has 1 rings (SSSR count). The van der Waals surface area contributed by atoms with Crippen LogP contribution in [0.2, 0.25) is 0 Å². The van der Waals surface area contributed by atoms with E-state index >= 15 is 0 Å². The highest BCUT2D eigenvalue weighted by atomic mass is 16.5. The minimum Gasteiger partial charge on any atom is -0.380 e. The molecule has 0 atom stereocenters. The lowest BCUT2D eigenvalue weighted by atomic mass is 9.90. The minimum absolute atomic E-state index is 0.278. The van der Waals surface area contributed by atoms with Crippen LogP contribution < -0.4 is 5.32 Å². The van der Waals surface area contributed by atoms with Crippen LogP contribution in [0, 0.1) is 10.8 Å². The van der Waals surface area contributed by atoms with E-state index in [0.29, 0.717) is 5.41 Å². The molecule has 0 aromatic carbocycles. The van der Waals surface area contributed by atoms with Gasteiger partial charge in [0.1, 0.15) is 0 Å². The van der Waals surface area contributed by atoms with Crippen LogP contribution in [0.5, 0.6) is 0 Å². The number of hydrogen-bond donors (Lipinski definition) is 1. The van der Waals surface area contributed by atoms with Crippen molar-refractivity contribution in [2.75, 3.05) is 26.3 Å². The maximum Gasteiger partial charge on any atom is 0.0529 e. The topological polar surface area (TPSA) is 21.3 Å². The molecule has 2 nitrogen and oxygen atoms in total. The molecule has 0 saturated carbocycles. The van der Waals surface area contributed by atoms with E-state index in [0.717, 1.165) is 26.3 Å². The Morgan fingerprint density at radius 3 is 2.31 bits per heavy atom. The van der Waals surface area contributed by atoms with E-state index in [4.69, 9.17) is 4.74 Å². The van der Waals surface area contributed by atoms with Crippen LogP contribution in [0.1, 0.15) is 34.1 Å². The summed E-state index contributed by atoms with van der Waals surface area (Å²) in [7, 11) is 0. The predicted molar refractivity (Wildman–Crippen MR) is 55.9 cm³/mol. The zero-order valence-electron chi connectivity index (χ0n) is 9.44. The zero-order valence-corrected chi connectivity index (χ0v) is 9.44. The average molecular weight is 185 g/mol. The fourth-order valence-corrected chi connectivity index (χ4v) is 1.58. The van der Waals surface area contributed by atoms with Gasteiger partial charge in [-0.25, -0.2) is 0 Å². The van der Waals surface area contributed by atoms with Gasteiger partial charge in [-0.2, -0.15) is 0 Å². The van der Waals surface area contributed by atoms with Crippen molar-refractivity contribution in [3.05, 3.63) is 0 Å². The molecule has 1 heterocycles. The third-order valence-electron chi connectivity index (χ3n) is 2.57. The van der Waals surface area contributed by atoms with Crippen molar-refractivity contribution in [2.24, 2.45) is 10.8 Å². The van der Waals surface area contributed by atoms with Crippen LogP contribution in [-0.4, -0.2) is 26.3 Å². The molecular formula is C11H23NO. The van der Waals surface area contributed by atoms with Gasteiger partial charge in [-0.1, -0.05) is 27.7 Å². The van der Waals surface area contributed by atoms with Crippen molar-refractivity contribution in [1.82, 2.24) is 5.32 Å². The first-order valence-electron chi connectivity index (χ1n) is 5.20. The first-order valence-corrected chi connectivity index (χ1v) is 5.20. The van der Waals surface area contributed by atoms with Crippen LogP contribution >= 0.6 is 0 Å². The van der Waals surface area contributed by atoms with Crippen LogP contribution in [0.25, 0.3) is 0 Å². The lowest BCUT2D eigenvalue weighted by Gasteiger charge is -2.25. The van der Waals surface area contributed by atoms with Gasteiger partial charge in [0.05, 0.1) is 13.2 Å². The molecule has 1 fully saturated rings. The Morgan fingerprint density at radius 2 is 1.62 bits per heavy atom. The molecule has 0 unspecified atom stereocenters. The fraction of sp³-hybridized carbons (Fsp3) is 1.00. The Kier molecular flexibility index (Phi) is 3.36. The molecule has 1 N–H and O–H groups in total. The number of nitrogens with one attached hydrogen (secondary N) is 1. The van der Waals surface area contributed by atoms with Crippen molar-refractivity contribution in [1.29, 1.82) is 0 Å². The summed E-state index contributed by atoms with van der Waals surface area (Å²) in [5.74, 6) is 0. The molecule has 1 saturated heterocycles. The highest BCUT2D eigenvalue weighted by Gasteiger charge is 2.24. The summed E-state index contributed by atoms with van der Waals surface area (Å²) in [5, 5.41) is 3.49. The van der Waals surface area contributed by atoms with Gasteiger partial charge in [0.15, 0.2) is 0 Å². The third kappa shape index (κ3) is 4.10. The van der Waals surface area contributed by atoms with E-state index in [-0.39, 0.29) is 5.41 Å². The summed E-state index contributed by atoms with van der Waals surface area (Å²) >= 11 is 0. The summed E-state index contributed by atoms with van der Waals surface area (Å²) < 4.78 is 5.74. The summed E-state index contributed by atoms with van der Waals surface area (Å²) in [5.41, 5.74) is 0.605. The third-order valence-corrected chi connectivity index (χ3v) is 2.57. The van der Waals surface area contributed by atoms with Crippen LogP contribution in [-0.2, 0) is 4.74 Å². The van der Waals surface area contributed by atoms with Crippen LogP contribution in [0.4, 0.5) is 0 Å². The van der Waals surface area contributed by atoms with Gasteiger partial charge in [-0.15, -0.1) is 0 Å². The van der Waals surface area contributed by atoms with E-state index < -0.39 is 0 Å². The smallest absolute Gasteiger partial charge is 0.0529 e. The molecule has 1 aliphatic heterocycles. The molecule has 2 heteroatoms. The molecule has 0 bridgehead atoms. The van der Waals surface area contributed by atoms with Crippen LogP contribution in [0.15, 0.2) is 0 Å². The fourth-order valence-electron chi connectivity index (χ4n) is 1.58. The molecule has 13 heavy (non-hydrogen) atoms. The SMILES string of the molecule is CC1(C)CCNCC(C)(C)COC1. The van der Waals surface area contributed by atoms with Gasteiger partial charge < -0.3 is 10.1 Å². The Bertz CT molecular complexity index is 145. The average Bonchev–Trinajstić information content (AvgIpc) is 2.01. The van der Waals surface area contributed by atoms with Gasteiger partial charge in [0.2, 0.25) is 0 Å². The summed E-state index contributed by atoms with van der Waals surface area (Å²) in [6.45, 7) is 13.0. The summed E-state index contributed by atoms with van der Waals surface area (Å²) in [4.78, 5) is 0. The molecule has 78 valence electrons. The first kappa shape index (κ1) is 11.0. The quantitative estimate of drug-likeness (QED) is 0.623. The molecule has 0 radical (unpaired) electrons. The Balaban J connectivity index is 2.48. The van der Waals surface area contributed by atoms with Gasteiger partial charge >= 0.3 is 0 Å². The highest BCUT2D eigenvalue weighted by molar-refractivity contribution is 4.76. The molecule has 0 aliphatic carbocycles. The standard InChI is InChI=1S/C11H23NO/c1-10(2)5-6-12-7-11(3,4)9-13-8-10/h12H,5-9H2,1-4H3. The van der Waals surface area contributed by atoms with Gasteiger partial charge in [-0.05, 0) is 18.4 Å². The molecule has 0 aromatic heterocycles. The molecular weight excluding hydrogens is 162 g/mol. The Morgan fingerprint density at radius 1 is 1.00 bits per heavy atom. The number of hydrogen-bond acceptors (Lipinski definition) is 2. The molecule has 0 spiro atoms. The maximum absolute atomic E-state index is 5.74. The molecule has 0 amide bonds. The first-order chi connectivity index (χ1) is 5.91. The summed E-state index contributed by atoms with van der Waals surface area (Å²) in [6.07, 6.45) is 1.20. The van der Waals surface area contributed by atoms with Crippen molar-refractivity contribution in [3.8, 4) is 0 Å². The van der Waals surface area contributed by atoms with Crippen molar-refractivity contribution >= 4 is 0 Å². The lowest BCUT2D eigenvalue weighted by molar-refractivity contribution is 0.0218. The summed E-state index contributed by atoms with van der Waals surface area (Å²) in [6, 6.07) is 0. The molecule has 1 aliphatic rings. The van der Waals surface area contributed by atoms with Gasteiger partial charge in [0.25, 0.3) is 0 Å². The second kappa shape index (κ2) is 3.97. The van der Waals surface area contributed by atoms with Gasteiger partial charge in [-0.3, -0.25) is 0 Å². The van der Waals surface area contributed by atoms with E-state index in [9.17, 15) is 0 Å². The Hall–Kier alpha value is -0.0800. The van der Waals surface area contributed by atoms with E-state index in [2.05, 4.69) is 33.0 Å². The number of ether oxygens (including phenoxy) is 1. The predicted octanol–water partition coefficient (Wildman–Crippen LogP) is 2.05. The van der Waals surface area contributed by atoms with E-state index in [1.807, 2.05) is 0 Å². The van der Waals surface area contributed by atoms with E-state index in [1.54, 1.807) is 0 Å². The van der Waals surface area contributed by atoms with Crippen molar-refractivity contribution in [3.63, 3.8) is 0 Å². The second-order valence-electron chi connectivity index (χ2n) is 5.75. The normalized spacial score (nSPS) is 28.6. The zero-order chi connectivity index (χ0) is 9.95. The van der Waals surface area contributed by atoms with Crippen molar-refractivity contribution in [2.45, 2.75) is 34.1 Å². The largest absolute Gasteiger partial charge is 0.380 e. The maximum atomic E-state index is 5.74. The minimum atomic E-state index is 0.278.